The van der Waals surface area contributed by atoms with Gasteiger partial charge in [0.2, 0.25) is 0 Å². The summed E-state index contributed by atoms with van der Waals surface area (Å²) in [4.78, 5) is 44.4. The van der Waals surface area contributed by atoms with Crippen molar-refractivity contribution in [2.45, 2.75) is 34.6 Å². The van der Waals surface area contributed by atoms with Gasteiger partial charge in [-0.05, 0) is 34.6 Å². The van der Waals surface area contributed by atoms with E-state index < -0.39 is 29.8 Å². The summed E-state index contributed by atoms with van der Waals surface area (Å²) in [6, 6.07) is 0. The van der Waals surface area contributed by atoms with E-state index in [-0.39, 0.29) is 22.4 Å². The van der Waals surface area contributed by atoms with Gasteiger partial charge in [0.15, 0.2) is 0 Å². The van der Waals surface area contributed by atoms with Gasteiger partial charge in [-0.15, -0.1) is 0 Å². The van der Waals surface area contributed by atoms with Gasteiger partial charge in [0, 0.05) is 29.8 Å². The Kier molecular flexibility index (Phi) is 53.5. The molecule has 0 aromatic heterocycles. The van der Waals surface area contributed by atoms with Crippen LogP contribution in [0.15, 0.2) is 0 Å². The maximum absolute atomic E-state index is 8.89. The fourth-order valence-corrected chi connectivity index (χ4v) is 0. The summed E-state index contributed by atoms with van der Waals surface area (Å²) in [7, 11) is 0. The molecule has 0 rings (SSSR count). The van der Waals surface area contributed by atoms with Crippen LogP contribution in [-0.2, 0) is 46.4 Å². The van der Waals surface area contributed by atoms with Gasteiger partial charge >= 0.3 is 22.4 Å². The van der Waals surface area contributed by atoms with E-state index >= 15 is 0 Å². The maximum atomic E-state index is 8.89. The molecule has 0 bridgehead atoms. The van der Waals surface area contributed by atoms with Crippen LogP contribution in [0.5, 0.6) is 0 Å². The maximum Gasteiger partial charge on any atom is 5.00 e. The SMILES string of the molecule is CC(=O)[O-].CC(=O)[O-].CC(=O)[O-].CC(=O)[O-].CC(=O)[O-].[Nb+5]. The summed E-state index contributed by atoms with van der Waals surface area (Å²) in [6.07, 6.45) is 0. The third-order valence-electron chi connectivity index (χ3n) is 0. The molecule has 0 aliphatic carbocycles. The van der Waals surface area contributed by atoms with Crippen LogP contribution in [-0.4, -0.2) is 29.8 Å². The Morgan fingerprint density at radius 1 is 0.429 bits per heavy atom. The van der Waals surface area contributed by atoms with Gasteiger partial charge in [-0.3, -0.25) is 0 Å². The summed E-state index contributed by atoms with van der Waals surface area (Å²) in [5.74, 6) is -5.42. The van der Waals surface area contributed by atoms with Crippen LogP contribution < -0.4 is 25.5 Å². The molecule has 0 unspecified atom stereocenters. The molecule has 0 saturated heterocycles. The number of hydrogen-bond acceptors (Lipinski definition) is 10. The van der Waals surface area contributed by atoms with Gasteiger partial charge in [0.25, 0.3) is 0 Å². The van der Waals surface area contributed by atoms with Crippen molar-refractivity contribution in [3.8, 4) is 0 Å². The van der Waals surface area contributed by atoms with E-state index in [1.54, 1.807) is 0 Å². The quantitative estimate of drug-likeness (QED) is 0.359. The van der Waals surface area contributed by atoms with Gasteiger partial charge in [0.1, 0.15) is 0 Å². The molecule has 0 aliphatic heterocycles. The Bertz CT molecular complexity index is 211. The van der Waals surface area contributed by atoms with Crippen molar-refractivity contribution in [3.05, 3.63) is 0 Å². The Labute approximate surface area is 136 Å². The first kappa shape index (κ1) is 36.5. The molecular formula is C10H15NbO10. The van der Waals surface area contributed by atoms with E-state index in [4.69, 9.17) is 49.5 Å². The van der Waals surface area contributed by atoms with E-state index in [2.05, 4.69) is 0 Å². The molecule has 0 fully saturated rings. The number of aliphatic carboxylic acids is 5. The summed E-state index contributed by atoms with van der Waals surface area (Å²) in [5.41, 5.74) is 0. The van der Waals surface area contributed by atoms with Crippen LogP contribution in [0.4, 0.5) is 0 Å². The minimum absolute atomic E-state index is 0. The van der Waals surface area contributed by atoms with E-state index in [9.17, 15) is 0 Å². The average Bonchev–Trinajstić information content (AvgIpc) is 1.94. The van der Waals surface area contributed by atoms with E-state index in [1.807, 2.05) is 0 Å². The second-order valence-corrected chi connectivity index (χ2v) is 2.46. The van der Waals surface area contributed by atoms with Crippen molar-refractivity contribution >= 4 is 29.8 Å². The molecule has 21 heavy (non-hydrogen) atoms. The Balaban J connectivity index is -0.0000000331. The standard InChI is InChI=1S/5C2H4O2.Nb/c5*1-2(3)4;/h5*1H3,(H,3,4);/q;;;;;+5/p-5. The van der Waals surface area contributed by atoms with Crippen molar-refractivity contribution in [1.29, 1.82) is 0 Å². The molecule has 11 heteroatoms. The molecule has 0 spiro atoms. The Morgan fingerprint density at radius 2 is 0.429 bits per heavy atom. The summed E-state index contributed by atoms with van der Waals surface area (Å²) in [5, 5.41) is 44.4. The number of carboxylic acid groups (broad SMARTS) is 5. The normalized spacial score (nSPS) is 5.95. The van der Waals surface area contributed by atoms with Crippen LogP contribution in [0.25, 0.3) is 0 Å². The minimum atomic E-state index is -1.08. The van der Waals surface area contributed by atoms with Gasteiger partial charge in [-0.1, -0.05) is 0 Å². The second-order valence-electron chi connectivity index (χ2n) is 2.46. The second kappa shape index (κ2) is 30.8. The molecule has 0 N–H and O–H groups in total. The molecule has 120 valence electrons. The molecule has 0 amide bonds. The number of carboxylic acids is 5. The first-order valence-corrected chi connectivity index (χ1v) is 4.54. The van der Waals surface area contributed by atoms with E-state index in [1.165, 1.54) is 0 Å². The first-order valence-electron chi connectivity index (χ1n) is 4.54. The molecule has 0 aromatic carbocycles. The number of carbonyl (C=O) groups excluding carboxylic acids is 5. The zero-order chi connectivity index (χ0) is 17.9. The van der Waals surface area contributed by atoms with Gasteiger partial charge < -0.3 is 49.5 Å². The summed E-state index contributed by atoms with van der Waals surface area (Å²) >= 11 is 0. The third kappa shape index (κ3) is 1280. The predicted molar refractivity (Wildman–Crippen MR) is 53.4 cm³/mol. The van der Waals surface area contributed by atoms with Gasteiger partial charge in [-0.25, -0.2) is 0 Å². The summed E-state index contributed by atoms with van der Waals surface area (Å²) < 4.78 is 0. The van der Waals surface area contributed by atoms with Crippen molar-refractivity contribution in [3.63, 3.8) is 0 Å². The van der Waals surface area contributed by atoms with Crippen LogP contribution in [0.1, 0.15) is 34.6 Å². The smallest absolute Gasteiger partial charge is 0.550 e. The monoisotopic (exact) mass is 388 g/mol. The van der Waals surface area contributed by atoms with Crippen molar-refractivity contribution in [2.75, 3.05) is 0 Å². The zero-order valence-corrected chi connectivity index (χ0v) is 14.2. The molecule has 0 aromatic rings. The Morgan fingerprint density at radius 3 is 0.429 bits per heavy atom. The van der Waals surface area contributed by atoms with E-state index in [0.29, 0.717) is 0 Å². The van der Waals surface area contributed by atoms with Crippen LogP contribution >= 0.6 is 0 Å². The van der Waals surface area contributed by atoms with Crippen molar-refractivity contribution in [1.82, 2.24) is 0 Å². The molecule has 0 heterocycles. The number of carbonyl (C=O) groups is 5. The minimum Gasteiger partial charge on any atom is -0.550 e. The van der Waals surface area contributed by atoms with Crippen molar-refractivity contribution in [2.24, 2.45) is 0 Å². The molecule has 0 aliphatic rings. The molecule has 0 saturated carbocycles. The molecule has 0 radical (unpaired) electrons. The molecular weight excluding hydrogens is 373 g/mol. The van der Waals surface area contributed by atoms with E-state index in [0.717, 1.165) is 34.6 Å². The molecule has 0 atom stereocenters. The fraction of sp³-hybridized carbons (Fsp3) is 0.500. The van der Waals surface area contributed by atoms with Gasteiger partial charge in [0.05, 0.1) is 0 Å². The summed E-state index contributed by atoms with van der Waals surface area (Å²) in [6.45, 7) is 4.86. The average molecular weight is 388 g/mol. The van der Waals surface area contributed by atoms with Crippen LogP contribution in [0.3, 0.4) is 0 Å². The predicted octanol–water partition coefficient (Wildman–Crippen LogP) is -6.22. The van der Waals surface area contributed by atoms with Crippen LogP contribution in [0.2, 0.25) is 0 Å². The topological polar surface area (TPSA) is 201 Å². The van der Waals surface area contributed by atoms with Gasteiger partial charge in [-0.2, -0.15) is 0 Å². The fourth-order valence-electron chi connectivity index (χ4n) is 0. The zero-order valence-electron chi connectivity index (χ0n) is 12.0. The largest absolute Gasteiger partial charge is 5.00 e. The first-order chi connectivity index (χ1) is 8.66. The van der Waals surface area contributed by atoms with Crippen molar-refractivity contribution < 1.29 is 71.9 Å². The molecule has 10 nitrogen and oxygen atoms in total. The Hall–Kier alpha value is -1.91. The number of hydrogen-bond donors (Lipinski definition) is 0. The third-order valence-corrected chi connectivity index (χ3v) is 0. The van der Waals surface area contributed by atoms with Crippen LogP contribution in [0, 0.1) is 0 Å². The number of rotatable bonds is 0.